The highest BCUT2D eigenvalue weighted by Crippen LogP contribution is 2.28. The number of halogens is 5. The van der Waals surface area contributed by atoms with E-state index in [0.29, 0.717) is 0 Å². The van der Waals surface area contributed by atoms with Gasteiger partial charge in [0.25, 0.3) is 10.0 Å². The van der Waals surface area contributed by atoms with Gasteiger partial charge in [0.15, 0.2) is 28.3 Å². The molecule has 2 aromatic rings. The molecule has 1 aromatic carbocycles. The van der Waals surface area contributed by atoms with Crippen LogP contribution in [-0.2, 0) is 10.0 Å². The molecule has 0 unspecified atom stereocenters. The van der Waals surface area contributed by atoms with Crippen molar-refractivity contribution in [3.63, 3.8) is 0 Å². The molecule has 11 heteroatoms. The molecule has 20 heavy (non-hydrogen) atoms. The van der Waals surface area contributed by atoms with Crippen LogP contribution in [0.4, 0.5) is 27.6 Å². The molecule has 2 N–H and O–H groups in total. The highest BCUT2D eigenvalue weighted by molar-refractivity contribution is 7.92. The van der Waals surface area contributed by atoms with E-state index in [1.807, 2.05) is 5.10 Å². The number of anilines is 1. The number of hydrogen-bond donors (Lipinski definition) is 2. The summed E-state index contributed by atoms with van der Waals surface area (Å²) in [5, 5.41) is 4.64. The largest absolute Gasteiger partial charge is 0.279 e. The summed E-state index contributed by atoms with van der Waals surface area (Å²) < 4.78 is 89.7. The van der Waals surface area contributed by atoms with E-state index in [1.54, 1.807) is 0 Å². The molecule has 2 rings (SSSR count). The second kappa shape index (κ2) is 4.74. The average molecular weight is 313 g/mol. The molecule has 0 radical (unpaired) electrons. The first kappa shape index (κ1) is 14.2. The van der Waals surface area contributed by atoms with Crippen molar-refractivity contribution in [1.29, 1.82) is 0 Å². The summed E-state index contributed by atoms with van der Waals surface area (Å²) in [5.41, 5.74) is -1.67. The normalized spacial score (nSPS) is 11.7. The number of H-pyrrole nitrogens is 1. The first-order valence-electron chi connectivity index (χ1n) is 4.79. The van der Waals surface area contributed by atoms with Gasteiger partial charge in [-0.1, -0.05) is 0 Å². The number of rotatable bonds is 3. The molecule has 0 fully saturated rings. The van der Waals surface area contributed by atoms with Crippen LogP contribution in [0.2, 0.25) is 0 Å². The van der Waals surface area contributed by atoms with Crippen molar-refractivity contribution in [2.75, 3.05) is 4.72 Å². The fourth-order valence-corrected chi connectivity index (χ4v) is 2.25. The number of nitrogens with zero attached hydrogens (tertiary/aromatic N) is 1. The zero-order chi connectivity index (χ0) is 15.1. The summed E-state index contributed by atoms with van der Waals surface area (Å²) >= 11 is 0. The van der Waals surface area contributed by atoms with Gasteiger partial charge in [0.1, 0.15) is 5.69 Å². The third-order valence-corrected chi connectivity index (χ3v) is 3.49. The summed E-state index contributed by atoms with van der Waals surface area (Å²) in [6.07, 6.45) is 1.02. The molecule has 0 saturated heterocycles. The first-order valence-corrected chi connectivity index (χ1v) is 6.27. The maximum absolute atomic E-state index is 13.3. The predicted octanol–water partition coefficient (Wildman–Crippen LogP) is 1.91. The molecule has 0 aliphatic heterocycles. The number of nitrogens with one attached hydrogen (secondary N) is 2. The van der Waals surface area contributed by atoms with Gasteiger partial charge in [-0.15, -0.1) is 0 Å². The van der Waals surface area contributed by atoms with Gasteiger partial charge in [-0.2, -0.15) is 13.5 Å². The van der Waals surface area contributed by atoms with Gasteiger partial charge in [-0.25, -0.2) is 22.0 Å². The second-order valence-electron chi connectivity index (χ2n) is 3.47. The maximum Gasteiger partial charge on any atom is 0.279 e. The molecule has 1 aromatic heterocycles. The van der Waals surface area contributed by atoms with Crippen molar-refractivity contribution < 1.29 is 30.4 Å². The van der Waals surface area contributed by atoms with E-state index >= 15 is 0 Å². The molecule has 0 amide bonds. The summed E-state index contributed by atoms with van der Waals surface area (Å²) in [4.78, 5) is 0. The van der Waals surface area contributed by atoms with E-state index in [2.05, 4.69) is 5.10 Å². The smallest absolute Gasteiger partial charge is 0.272 e. The van der Waals surface area contributed by atoms with E-state index in [1.165, 1.54) is 4.72 Å². The molecule has 0 saturated carbocycles. The summed E-state index contributed by atoms with van der Waals surface area (Å²) in [5.74, 6) is -11.5. The van der Waals surface area contributed by atoms with Crippen LogP contribution >= 0.6 is 0 Å². The van der Waals surface area contributed by atoms with E-state index in [9.17, 15) is 30.4 Å². The van der Waals surface area contributed by atoms with Crippen molar-refractivity contribution in [2.45, 2.75) is 5.03 Å². The standard InChI is InChI=1S/C9H4F5N3O2S/c10-4-5(11)7(13)9(8(14)6(4)12)17-20(18,19)3-1-2-15-16-3/h1-2,17H,(H,15,16). The molecule has 0 spiro atoms. The predicted molar refractivity (Wildman–Crippen MR) is 55.6 cm³/mol. The Balaban J connectivity index is 2.56. The zero-order valence-electron chi connectivity index (χ0n) is 9.22. The van der Waals surface area contributed by atoms with Crippen molar-refractivity contribution in [3.05, 3.63) is 41.3 Å². The molecule has 5 nitrogen and oxygen atoms in total. The summed E-state index contributed by atoms with van der Waals surface area (Å²) in [6, 6.07) is 0.925. The van der Waals surface area contributed by atoms with Crippen LogP contribution in [-0.4, -0.2) is 18.6 Å². The summed E-state index contributed by atoms with van der Waals surface area (Å²) in [7, 11) is -4.57. The van der Waals surface area contributed by atoms with Crippen molar-refractivity contribution in [3.8, 4) is 0 Å². The van der Waals surface area contributed by atoms with Gasteiger partial charge in [0.05, 0.1) is 6.20 Å². The number of benzene rings is 1. The fourth-order valence-electron chi connectivity index (χ4n) is 1.28. The van der Waals surface area contributed by atoms with Crippen LogP contribution in [0, 0.1) is 29.1 Å². The third kappa shape index (κ3) is 2.19. The number of hydrogen-bond acceptors (Lipinski definition) is 3. The van der Waals surface area contributed by atoms with Crippen molar-refractivity contribution in [2.24, 2.45) is 0 Å². The van der Waals surface area contributed by atoms with Crippen molar-refractivity contribution >= 4 is 15.7 Å². The number of aromatic amines is 1. The maximum atomic E-state index is 13.3. The molecule has 108 valence electrons. The lowest BCUT2D eigenvalue weighted by atomic mass is 10.2. The van der Waals surface area contributed by atoms with Gasteiger partial charge >= 0.3 is 0 Å². The van der Waals surface area contributed by atoms with E-state index < -0.39 is 49.8 Å². The monoisotopic (exact) mass is 313 g/mol. The van der Waals surface area contributed by atoms with Crippen LogP contribution in [0.5, 0.6) is 0 Å². The molecule has 0 aliphatic carbocycles. The molecule has 0 bridgehead atoms. The van der Waals surface area contributed by atoms with Crippen LogP contribution in [0.25, 0.3) is 0 Å². The van der Waals surface area contributed by atoms with Crippen LogP contribution in [0.15, 0.2) is 17.3 Å². The highest BCUT2D eigenvalue weighted by atomic mass is 32.2. The van der Waals surface area contributed by atoms with Gasteiger partial charge < -0.3 is 0 Å². The SMILES string of the molecule is O=S(=O)(Nc1c(F)c(F)c(F)c(F)c1F)c1ccn[nH]1. The molecule has 1 heterocycles. The minimum atomic E-state index is -4.57. The van der Waals surface area contributed by atoms with Gasteiger partial charge in [-0.05, 0) is 6.07 Å². The summed E-state index contributed by atoms with van der Waals surface area (Å²) in [6.45, 7) is 0. The Kier molecular flexibility index (Phi) is 3.38. The Morgan fingerprint density at radius 2 is 1.45 bits per heavy atom. The fraction of sp³-hybridized carbons (Fsp3) is 0. The topological polar surface area (TPSA) is 74.8 Å². The van der Waals surface area contributed by atoms with Crippen LogP contribution in [0.3, 0.4) is 0 Å². The van der Waals surface area contributed by atoms with Gasteiger partial charge in [0, 0.05) is 0 Å². The Labute approximate surface area is 108 Å². The third-order valence-electron chi connectivity index (χ3n) is 2.21. The zero-order valence-corrected chi connectivity index (χ0v) is 10.0. The molecular formula is C9H4F5N3O2S. The van der Waals surface area contributed by atoms with Crippen molar-refractivity contribution in [1.82, 2.24) is 10.2 Å². The Morgan fingerprint density at radius 1 is 0.950 bits per heavy atom. The van der Waals surface area contributed by atoms with Gasteiger partial charge in [-0.3, -0.25) is 9.82 Å². The molecular weight excluding hydrogens is 309 g/mol. The lowest BCUT2D eigenvalue weighted by Crippen LogP contribution is -2.17. The Morgan fingerprint density at radius 3 is 1.90 bits per heavy atom. The van der Waals surface area contributed by atoms with E-state index in [-0.39, 0.29) is 0 Å². The van der Waals surface area contributed by atoms with Crippen LogP contribution < -0.4 is 4.72 Å². The second-order valence-corrected chi connectivity index (χ2v) is 5.12. The number of sulfonamides is 1. The quantitative estimate of drug-likeness (QED) is 0.516. The lowest BCUT2D eigenvalue weighted by molar-refractivity contribution is 0.382. The molecule has 0 aliphatic rings. The highest BCUT2D eigenvalue weighted by Gasteiger charge is 2.29. The van der Waals surface area contributed by atoms with E-state index in [0.717, 1.165) is 12.3 Å². The average Bonchev–Trinajstić information content (AvgIpc) is 2.94. The van der Waals surface area contributed by atoms with E-state index in [4.69, 9.17) is 0 Å². The lowest BCUT2D eigenvalue weighted by Gasteiger charge is -2.10. The first-order chi connectivity index (χ1) is 9.25. The van der Waals surface area contributed by atoms with Crippen LogP contribution in [0.1, 0.15) is 0 Å². The Hall–Kier alpha value is -2.17. The minimum absolute atomic E-state index is 0.610. The number of aromatic nitrogens is 2. The Bertz CT molecular complexity index is 731. The minimum Gasteiger partial charge on any atom is -0.272 e. The van der Waals surface area contributed by atoms with Gasteiger partial charge in [0.2, 0.25) is 5.82 Å². The molecule has 0 atom stereocenters.